The van der Waals surface area contributed by atoms with Crippen molar-refractivity contribution in [3.63, 3.8) is 0 Å². The molecule has 3 heterocycles. The van der Waals surface area contributed by atoms with Crippen LogP contribution in [-0.2, 0) is 11.4 Å². The van der Waals surface area contributed by atoms with E-state index >= 15 is 0 Å². The summed E-state index contributed by atoms with van der Waals surface area (Å²) >= 11 is 0. The van der Waals surface area contributed by atoms with Crippen LogP contribution in [0.5, 0.6) is 28.9 Å². The highest BCUT2D eigenvalue weighted by molar-refractivity contribution is 5.80. The van der Waals surface area contributed by atoms with Crippen LogP contribution in [-0.4, -0.2) is 45.1 Å². The van der Waals surface area contributed by atoms with Gasteiger partial charge in [-0.15, -0.1) is 5.10 Å². The van der Waals surface area contributed by atoms with Gasteiger partial charge in [-0.2, -0.15) is 0 Å². The van der Waals surface area contributed by atoms with Gasteiger partial charge in [-0.1, -0.05) is 41.6 Å². The summed E-state index contributed by atoms with van der Waals surface area (Å²) in [6.45, 7) is 0.0571. The Morgan fingerprint density at radius 2 is 1.87 bits per heavy atom. The first kappa shape index (κ1) is 23.3. The number of nitrogens with zero attached hydrogens (tertiary/aromatic N) is 5. The van der Waals surface area contributed by atoms with E-state index in [-0.39, 0.29) is 18.3 Å². The van der Waals surface area contributed by atoms with Gasteiger partial charge in [0.2, 0.25) is 5.88 Å². The summed E-state index contributed by atoms with van der Waals surface area (Å²) in [6.07, 6.45) is 3.13. The Kier molecular flexibility index (Phi) is 5.97. The van der Waals surface area contributed by atoms with Crippen molar-refractivity contribution >= 4 is 11.9 Å². The molecule has 0 saturated carbocycles. The standard InChI is InChI=1S/C28H23N5O5/c1-35-21-11-8-17(12-23(21)36-2)14-30-37-15-24-31-27-26-25(18-6-4-3-5-7-18)20-10-9-19(34)13-22(20)38-28(26)29-16-33(27)32-24/h3-14,16,25,34H,15H2,1-2H3/b30-14-/t25-/m1/s1. The molecule has 1 N–H and O–H groups in total. The zero-order valence-electron chi connectivity index (χ0n) is 20.6. The second-order valence-electron chi connectivity index (χ2n) is 8.55. The molecule has 0 fully saturated rings. The molecule has 1 atom stereocenters. The minimum absolute atomic E-state index is 0.0571. The largest absolute Gasteiger partial charge is 0.508 e. The van der Waals surface area contributed by atoms with Crippen molar-refractivity contribution in [3.8, 4) is 28.9 Å². The topological polar surface area (TPSA) is 113 Å². The number of hydrogen-bond acceptors (Lipinski definition) is 9. The van der Waals surface area contributed by atoms with Crippen molar-refractivity contribution < 1.29 is 24.2 Å². The zero-order valence-corrected chi connectivity index (χ0v) is 20.6. The van der Waals surface area contributed by atoms with Crippen LogP contribution in [0.3, 0.4) is 0 Å². The molecule has 0 bridgehead atoms. The van der Waals surface area contributed by atoms with Gasteiger partial charge in [-0.25, -0.2) is 14.5 Å². The molecule has 5 aromatic rings. The summed E-state index contributed by atoms with van der Waals surface area (Å²) in [4.78, 5) is 14.7. The Morgan fingerprint density at radius 3 is 2.68 bits per heavy atom. The highest BCUT2D eigenvalue weighted by Gasteiger charge is 2.33. The lowest BCUT2D eigenvalue weighted by Crippen LogP contribution is -2.14. The summed E-state index contributed by atoms with van der Waals surface area (Å²) in [7, 11) is 3.16. The van der Waals surface area contributed by atoms with Gasteiger partial charge >= 0.3 is 0 Å². The average Bonchev–Trinajstić information content (AvgIpc) is 3.37. The average molecular weight is 510 g/mol. The summed E-state index contributed by atoms with van der Waals surface area (Å²) in [5.41, 5.74) is 4.11. The molecule has 0 amide bonds. The third-order valence-electron chi connectivity index (χ3n) is 6.24. The summed E-state index contributed by atoms with van der Waals surface area (Å²) in [6, 6.07) is 20.6. The third-order valence-corrected chi connectivity index (χ3v) is 6.24. The number of phenolic OH excluding ortho intramolecular Hbond substituents is 1. The highest BCUT2D eigenvalue weighted by atomic mass is 16.6. The van der Waals surface area contributed by atoms with Crippen LogP contribution in [0.2, 0.25) is 0 Å². The van der Waals surface area contributed by atoms with E-state index in [0.717, 1.165) is 22.3 Å². The normalized spacial score (nSPS) is 14.1. The van der Waals surface area contributed by atoms with E-state index in [9.17, 15) is 5.11 Å². The Morgan fingerprint density at radius 1 is 1.03 bits per heavy atom. The van der Waals surface area contributed by atoms with Gasteiger partial charge in [0.1, 0.15) is 17.8 Å². The smallest absolute Gasteiger partial charge is 0.228 e. The van der Waals surface area contributed by atoms with Gasteiger partial charge in [0.25, 0.3) is 0 Å². The Balaban J connectivity index is 1.30. The minimum atomic E-state index is -0.215. The monoisotopic (exact) mass is 509 g/mol. The van der Waals surface area contributed by atoms with Crippen LogP contribution in [0.15, 0.2) is 78.2 Å². The van der Waals surface area contributed by atoms with Crippen molar-refractivity contribution in [1.29, 1.82) is 0 Å². The summed E-state index contributed by atoms with van der Waals surface area (Å²) in [5.74, 6) is 2.54. The maximum Gasteiger partial charge on any atom is 0.228 e. The highest BCUT2D eigenvalue weighted by Crippen LogP contribution is 2.48. The molecular formula is C28H23N5O5. The van der Waals surface area contributed by atoms with Crippen molar-refractivity contribution in [2.75, 3.05) is 14.2 Å². The van der Waals surface area contributed by atoms with Crippen LogP contribution in [0, 0.1) is 0 Å². The number of aromatic hydroxyl groups is 1. The Hall–Kier alpha value is -5.12. The number of hydrogen-bond donors (Lipinski definition) is 1. The van der Waals surface area contributed by atoms with Crippen molar-refractivity contribution in [2.24, 2.45) is 5.16 Å². The van der Waals surface area contributed by atoms with E-state index in [0.29, 0.717) is 34.6 Å². The lowest BCUT2D eigenvalue weighted by Gasteiger charge is -2.27. The molecule has 38 heavy (non-hydrogen) atoms. The third kappa shape index (κ3) is 4.21. The fourth-order valence-corrected chi connectivity index (χ4v) is 4.53. The fourth-order valence-electron chi connectivity index (χ4n) is 4.53. The zero-order chi connectivity index (χ0) is 26.1. The molecular weight excluding hydrogens is 486 g/mol. The molecule has 3 aromatic carbocycles. The van der Waals surface area contributed by atoms with Crippen LogP contribution >= 0.6 is 0 Å². The maximum atomic E-state index is 10.0. The van der Waals surface area contributed by atoms with Crippen molar-refractivity contribution in [3.05, 3.63) is 101 Å². The number of aromatic nitrogens is 4. The molecule has 0 saturated heterocycles. The van der Waals surface area contributed by atoms with Crippen LogP contribution in [0.4, 0.5) is 0 Å². The molecule has 10 heteroatoms. The second kappa shape index (κ2) is 9.74. The first-order chi connectivity index (χ1) is 18.6. The van der Waals surface area contributed by atoms with Crippen LogP contribution < -0.4 is 14.2 Å². The summed E-state index contributed by atoms with van der Waals surface area (Å²) < 4.78 is 18.3. The number of phenols is 1. The van der Waals surface area contributed by atoms with Gasteiger partial charge in [-0.05, 0) is 29.8 Å². The van der Waals surface area contributed by atoms with Crippen LogP contribution in [0.25, 0.3) is 5.65 Å². The van der Waals surface area contributed by atoms with Gasteiger partial charge in [0, 0.05) is 23.1 Å². The molecule has 190 valence electrons. The van der Waals surface area contributed by atoms with E-state index in [1.54, 1.807) is 55.5 Å². The maximum absolute atomic E-state index is 10.0. The number of ether oxygens (including phenoxy) is 3. The first-order valence-corrected chi connectivity index (χ1v) is 11.8. The van der Waals surface area contributed by atoms with E-state index in [2.05, 4.69) is 15.2 Å². The molecule has 10 nitrogen and oxygen atoms in total. The number of methoxy groups -OCH3 is 2. The van der Waals surface area contributed by atoms with Gasteiger partial charge < -0.3 is 24.2 Å². The SMILES string of the molecule is COc1ccc(/C=N\OCc2nc3c4c(ncn3n2)Oc2cc(O)ccc2[C@H]4c2ccccc2)cc1OC. The predicted molar refractivity (Wildman–Crippen MR) is 138 cm³/mol. The predicted octanol–water partition coefficient (Wildman–Crippen LogP) is 4.68. The fraction of sp³-hybridized carbons (Fsp3) is 0.143. The van der Waals surface area contributed by atoms with E-state index in [4.69, 9.17) is 24.0 Å². The Labute approximate surface area is 217 Å². The molecule has 0 aliphatic carbocycles. The van der Waals surface area contributed by atoms with Gasteiger partial charge in [-0.3, -0.25) is 0 Å². The molecule has 6 rings (SSSR count). The van der Waals surface area contributed by atoms with Gasteiger partial charge in [0.05, 0.1) is 26.0 Å². The number of fused-ring (bicyclic) bond motifs is 4. The van der Waals surface area contributed by atoms with E-state index in [1.165, 1.54) is 0 Å². The van der Waals surface area contributed by atoms with Crippen molar-refractivity contribution in [2.45, 2.75) is 12.5 Å². The van der Waals surface area contributed by atoms with E-state index in [1.807, 2.05) is 42.5 Å². The number of benzene rings is 3. The first-order valence-electron chi connectivity index (χ1n) is 11.8. The molecule has 1 aliphatic rings. The molecule has 2 aromatic heterocycles. The van der Waals surface area contributed by atoms with E-state index < -0.39 is 0 Å². The lowest BCUT2D eigenvalue weighted by atomic mass is 9.84. The second-order valence-corrected chi connectivity index (χ2v) is 8.55. The lowest BCUT2D eigenvalue weighted by molar-refractivity contribution is 0.126. The quantitative estimate of drug-likeness (QED) is 0.244. The minimum Gasteiger partial charge on any atom is -0.508 e. The van der Waals surface area contributed by atoms with Crippen LogP contribution in [0.1, 0.15) is 34.0 Å². The van der Waals surface area contributed by atoms with Gasteiger partial charge in [0.15, 0.2) is 29.6 Å². The summed E-state index contributed by atoms with van der Waals surface area (Å²) in [5, 5.41) is 18.6. The van der Waals surface area contributed by atoms with Crippen molar-refractivity contribution in [1.82, 2.24) is 19.6 Å². The Bertz CT molecular complexity index is 1650. The number of oxime groups is 1. The molecule has 0 spiro atoms. The molecule has 1 aliphatic heterocycles. The number of rotatable bonds is 7. The molecule has 0 unspecified atom stereocenters. The molecule has 0 radical (unpaired) electrons.